The first kappa shape index (κ1) is 17.4. The van der Waals surface area contributed by atoms with Gasteiger partial charge in [-0.25, -0.2) is 9.97 Å². The minimum absolute atomic E-state index is 0.0247. The van der Waals surface area contributed by atoms with Gasteiger partial charge in [-0.1, -0.05) is 29.8 Å². The fourth-order valence-electron chi connectivity index (χ4n) is 2.80. The summed E-state index contributed by atoms with van der Waals surface area (Å²) in [4.78, 5) is 20.2. The molecule has 0 bridgehead atoms. The molecule has 0 amide bonds. The lowest BCUT2D eigenvalue weighted by atomic mass is 10.1. The second kappa shape index (κ2) is 6.94. The summed E-state index contributed by atoms with van der Waals surface area (Å²) >= 11 is 7.52. The third kappa shape index (κ3) is 3.34. The Morgan fingerprint density at radius 3 is 2.67 bits per heavy atom. The van der Waals surface area contributed by atoms with Gasteiger partial charge in [-0.15, -0.1) is 11.3 Å². The van der Waals surface area contributed by atoms with Gasteiger partial charge >= 0.3 is 0 Å². The number of benzene rings is 2. The fraction of sp³-hybridized carbons (Fsp3) is 0.0526. The molecule has 4 rings (SSSR count). The molecule has 0 atom stereocenters. The molecular formula is C19H13ClN4O2S. The number of thiophene rings is 1. The molecule has 0 spiro atoms. The molecule has 0 aliphatic carbocycles. The summed E-state index contributed by atoms with van der Waals surface area (Å²) < 4.78 is 0. The second-order valence-corrected chi connectivity index (χ2v) is 7.23. The lowest BCUT2D eigenvalue weighted by Crippen LogP contribution is -1.99. The summed E-state index contributed by atoms with van der Waals surface area (Å²) in [6, 6.07) is 12.3. The quantitative estimate of drug-likeness (QED) is 0.339. The highest BCUT2D eigenvalue weighted by molar-refractivity contribution is 7.17. The zero-order valence-electron chi connectivity index (χ0n) is 14.1. The smallest absolute Gasteiger partial charge is 0.271 e. The first-order chi connectivity index (χ1) is 13.0. The van der Waals surface area contributed by atoms with Gasteiger partial charge in [0, 0.05) is 33.8 Å². The number of aromatic nitrogens is 2. The van der Waals surface area contributed by atoms with E-state index in [-0.39, 0.29) is 5.69 Å². The van der Waals surface area contributed by atoms with E-state index in [4.69, 9.17) is 11.6 Å². The normalized spacial score (nSPS) is 10.9. The Bertz CT molecular complexity index is 1160. The number of halogens is 1. The minimum atomic E-state index is -0.413. The molecule has 0 aliphatic heterocycles. The van der Waals surface area contributed by atoms with Gasteiger partial charge in [0.15, 0.2) is 0 Å². The maximum atomic E-state index is 11.1. The van der Waals surface area contributed by atoms with Crippen LogP contribution in [0.1, 0.15) is 5.56 Å². The van der Waals surface area contributed by atoms with Crippen molar-refractivity contribution in [3.8, 4) is 11.1 Å². The molecule has 2 heterocycles. The molecule has 2 aromatic carbocycles. The summed E-state index contributed by atoms with van der Waals surface area (Å²) in [7, 11) is 0. The van der Waals surface area contributed by atoms with Gasteiger partial charge in [0.2, 0.25) is 0 Å². The number of aryl methyl sites for hydroxylation is 1. The van der Waals surface area contributed by atoms with E-state index >= 15 is 0 Å². The van der Waals surface area contributed by atoms with E-state index in [2.05, 4.69) is 15.3 Å². The summed E-state index contributed by atoms with van der Waals surface area (Å²) in [5, 5.41) is 17.9. The molecule has 0 radical (unpaired) electrons. The molecule has 4 aromatic rings. The number of nitrogens with zero attached hydrogens (tertiary/aromatic N) is 3. The van der Waals surface area contributed by atoms with Crippen LogP contribution >= 0.6 is 22.9 Å². The lowest BCUT2D eigenvalue weighted by molar-refractivity contribution is -0.384. The monoisotopic (exact) mass is 396 g/mol. The number of anilines is 2. The Hall–Kier alpha value is -3.03. The van der Waals surface area contributed by atoms with Crippen LogP contribution in [-0.4, -0.2) is 14.9 Å². The Kier molecular flexibility index (Phi) is 4.47. The summed E-state index contributed by atoms with van der Waals surface area (Å²) in [5.74, 6) is 0.606. The lowest BCUT2D eigenvalue weighted by Gasteiger charge is -2.11. The Morgan fingerprint density at radius 1 is 1.15 bits per heavy atom. The number of nitro benzene ring substituents is 1. The molecule has 8 heteroatoms. The van der Waals surface area contributed by atoms with Crippen LogP contribution in [0, 0.1) is 17.0 Å². The maximum Gasteiger partial charge on any atom is 0.271 e. The molecule has 6 nitrogen and oxygen atoms in total. The van der Waals surface area contributed by atoms with E-state index in [0.717, 1.165) is 26.9 Å². The number of hydrogen-bond donors (Lipinski definition) is 1. The Labute approximate surface area is 163 Å². The number of fused-ring (bicyclic) bond motifs is 1. The van der Waals surface area contributed by atoms with Crippen LogP contribution in [0.25, 0.3) is 21.3 Å². The number of non-ortho nitro benzene ring substituents is 1. The van der Waals surface area contributed by atoms with Crippen LogP contribution in [-0.2, 0) is 0 Å². The predicted molar refractivity (Wildman–Crippen MR) is 109 cm³/mol. The van der Waals surface area contributed by atoms with Crippen molar-refractivity contribution in [2.75, 3.05) is 5.32 Å². The Balaban J connectivity index is 1.83. The highest BCUT2D eigenvalue weighted by atomic mass is 35.5. The highest BCUT2D eigenvalue weighted by Gasteiger charge is 2.15. The van der Waals surface area contributed by atoms with Crippen molar-refractivity contribution in [3.63, 3.8) is 0 Å². The van der Waals surface area contributed by atoms with Crippen LogP contribution in [0.5, 0.6) is 0 Å². The van der Waals surface area contributed by atoms with E-state index in [1.807, 2.05) is 36.6 Å². The van der Waals surface area contributed by atoms with Crippen molar-refractivity contribution in [3.05, 3.63) is 74.9 Å². The standard InChI is InChI=1S/C19H13ClN4O2S/c1-11-2-7-14(24(25)26)8-16(11)23-18-17-15(9-27-19(17)22-10-21-18)12-3-5-13(20)6-4-12/h2-10H,1H3,(H,21,22,23). The first-order valence-electron chi connectivity index (χ1n) is 8.03. The molecule has 0 saturated carbocycles. The largest absolute Gasteiger partial charge is 0.339 e. The van der Waals surface area contributed by atoms with E-state index in [0.29, 0.717) is 16.5 Å². The predicted octanol–water partition coefficient (Wildman–Crippen LogP) is 5.97. The average Bonchev–Trinajstić information content (AvgIpc) is 3.09. The molecule has 0 unspecified atom stereocenters. The number of rotatable bonds is 4. The van der Waals surface area contributed by atoms with Crippen molar-refractivity contribution >= 4 is 50.3 Å². The van der Waals surface area contributed by atoms with Crippen LogP contribution in [0.15, 0.2) is 54.2 Å². The molecule has 134 valence electrons. The van der Waals surface area contributed by atoms with E-state index < -0.39 is 4.92 Å². The van der Waals surface area contributed by atoms with Gasteiger partial charge < -0.3 is 5.32 Å². The van der Waals surface area contributed by atoms with Gasteiger partial charge in [0.25, 0.3) is 5.69 Å². The van der Waals surface area contributed by atoms with Crippen LogP contribution < -0.4 is 5.32 Å². The van der Waals surface area contributed by atoms with Gasteiger partial charge in [-0.05, 0) is 30.2 Å². The van der Waals surface area contributed by atoms with E-state index in [1.54, 1.807) is 6.07 Å². The minimum Gasteiger partial charge on any atom is -0.339 e. The van der Waals surface area contributed by atoms with Crippen molar-refractivity contribution in [1.29, 1.82) is 0 Å². The Morgan fingerprint density at radius 2 is 1.93 bits per heavy atom. The number of hydrogen-bond acceptors (Lipinski definition) is 6. The van der Waals surface area contributed by atoms with E-state index in [9.17, 15) is 10.1 Å². The molecule has 0 saturated heterocycles. The van der Waals surface area contributed by atoms with Crippen molar-refractivity contribution in [2.45, 2.75) is 6.92 Å². The van der Waals surface area contributed by atoms with Crippen LogP contribution in [0.2, 0.25) is 5.02 Å². The average molecular weight is 397 g/mol. The summed E-state index contributed by atoms with van der Waals surface area (Å²) in [6.07, 6.45) is 1.49. The molecular weight excluding hydrogens is 384 g/mol. The first-order valence-corrected chi connectivity index (χ1v) is 9.29. The van der Waals surface area contributed by atoms with Gasteiger partial charge in [0.1, 0.15) is 17.0 Å². The maximum absolute atomic E-state index is 11.1. The highest BCUT2D eigenvalue weighted by Crippen LogP contribution is 2.38. The third-order valence-electron chi connectivity index (χ3n) is 4.21. The van der Waals surface area contributed by atoms with Crippen LogP contribution in [0.3, 0.4) is 0 Å². The summed E-state index contributed by atoms with van der Waals surface area (Å²) in [6.45, 7) is 1.89. The molecule has 2 aromatic heterocycles. The number of nitro groups is 1. The van der Waals surface area contributed by atoms with Crippen LogP contribution in [0.4, 0.5) is 17.2 Å². The molecule has 1 N–H and O–H groups in total. The zero-order chi connectivity index (χ0) is 19.0. The zero-order valence-corrected chi connectivity index (χ0v) is 15.7. The number of nitrogens with one attached hydrogen (secondary N) is 1. The van der Waals surface area contributed by atoms with Crippen molar-refractivity contribution in [2.24, 2.45) is 0 Å². The van der Waals surface area contributed by atoms with Crippen molar-refractivity contribution in [1.82, 2.24) is 9.97 Å². The van der Waals surface area contributed by atoms with Crippen molar-refractivity contribution < 1.29 is 4.92 Å². The van der Waals surface area contributed by atoms with Gasteiger partial charge in [-0.3, -0.25) is 10.1 Å². The fourth-order valence-corrected chi connectivity index (χ4v) is 3.84. The molecule has 0 fully saturated rings. The van der Waals surface area contributed by atoms with Gasteiger partial charge in [-0.2, -0.15) is 0 Å². The summed E-state index contributed by atoms with van der Waals surface area (Å²) in [5.41, 5.74) is 3.53. The second-order valence-electron chi connectivity index (χ2n) is 5.94. The SMILES string of the molecule is Cc1ccc([N+](=O)[O-])cc1Nc1ncnc2scc(-c3ccc(Cl)cc3)c12. The topological polar surface area (TPSA) is 81.0 Å². The third-order valence-corrected chi connectivity index (χ3v) is 5.35. The molecule has 27 heavy (non-hydrogen) atoms. The molecule has 0 aliphatic rings. The van der Waals surface area contributed by atoms with E-state index in [1.165, 1.54) is 29.8 Å². The van der Waals surface area contributed by atoms with Gasteiger partial charge in [0.05, 0.1) is 10.3 Å².